The molecule has 1 aliphatic rings. The van der Waals surface area contributed by atoms with E-state index in [0.29, 0.717) is 11.6 Å². The number of hydrogen-bond acceptors (Lipinski definition) is 7. The third-order valence-corrected chi connectivity index (χ3v) is 5.31. The summed E-state index contributed by atoms with van der Waals surface area (Å²) in [7, 11) is 0. The van der Waals surface area contributed by atoms with Crippen molar-refractivity contribution in [3.63, 3.8) is 0 Å². The molecule has 1 atom stereocenters. The van der Waals surface area contributed by atoms with Crippen molar-refractivity contribution in [1.29, 1.82) is 0 Å². The molecule has 1 aromatic heterocycles. The number of nitrogens with zero attached hydrogens (tertiary/aromatic N) is 2. The van der Waals surface area contributed by atoms with E-state index in [0.717, 1.165) is 43.0 Å². The molecular formula is C19H24N4O4S. The fourth-order valence-corrected chi connectivity index (χ4v) is 3.60. The van der Waals surface area contributed by atoms with E-state index in [2.05, 4.69) is 20.8 Å². The van der Waals surface area contributed by atoms with Gasteiger partial charge < -0.3 is 14.5 Å². The Morgan fingerprint density at radius 3 is 2.86 bits per heavy atom. The summed E-state index contributed by atoms with van der Waals surface area (Å²) < 4.78 is 11.1. The molecule has 150 valence electrons. The molecule has 2 N–H and O–H groups in total. The lowest BCUT2D eigenvalue weighted by Gasteiger charge is -2.13. The second-order valence-electron chi connectivity index (χ2n) is 6.77. The summed E-state index contributed by atoms with van der Waals surface area (Å²) in [6.07, 6.45) is 4.14. The van der Waals surface area contributed by atoms with Crippen LogP contribution in [0.25, 0.3) is 0 Å². The summed E-state index contributed by atoms with van der Waals surface area (Å²) in [6, 6.07) is 7.35. The highest BCUT2D eigenvalue weighted by atomic mass is 32.2. The minimum absolute atomic E-state index is 0.140. The van der Waals surface area contributed by atoms with Gasteiger partial charge in [0.2, 0.25) is 5.91 Å². The average molecular weight is 404 g/mol. The van der Waals surface area contributed by atoms with Crippen molar-refractivity contribution >= 4 is 23.7 Å². The highest BCUT2D eigenvalue weighted by Crippen LogP contribution is 2.23. The third kappa shape index (κ3) is 5.98. The van der Waals surface area contributed by atoms with Crippen LogP contribution < -0.4 is 15.4 Å². The van der Waals surface area contributed by atoms with E-state index in [9.17, 15) is 9.59 Å². The second kappa shape index (κ2) is 9.59. The standard InChI is InChI=1S/C19H24N4O4S/c1-12-6-5-9-15(10-12)26-11-16-22-23-19(27-16)28-13(2)17(24)21-18(25)20-14-7-3-4-8-14/h5-6,9-10,13-14H,3-4,7-8,11H2,1-2H3,(H2,20,21,24,25)/t13-/m1/s1. The van der Waals surface area contributed by atoms with Crippen molar-refractivity contribution in [3.05, 3.63) is 35.7 Å². The Kier molecular flexibility index (Phi) is 6.91. The normalized spacial score (nSPS) is 15.2. The van der Waals surface area contributed by atoms with Crippen LogP contribution in [0.3, 0.4) is 0 Å². The molecule has 0 saturated heterocycles. The molecule has 9 heteroatoms. The number of ether oxygens (including phenoxy) is 1. The molecule has 8 nitrogen and oxygen atoms in total. The number of thioether (sulfide) groups is 1. The fraction of sp³-hybridized carbons (Fsp3) is 0.474. The SMILES string of the molecule is Cc1cccc(OCc2nnc(S[C@H](C)C(=O)NC(=O)NC3CCCC3)o2)c1. The highest BCUT2D eigenvalue weighted by Gasteiger charge is 2.22. The monoisotopic (exact) mass is 404 g/mol. The molecule has 2 aromatic rings. The van der Waals surface area contributed by atoms with Crippen LogP contribution in [-0.4, -0.2) is 33.4 Å². The van der Waals surface area contributed by atoms with Crippen LogP contribution in [0.4, 0.5) is 4.79 Å². The summed E-state index contributed by atoms with van der Waals surface area (Å²) in [5.41, 5.74) is 1.09. The van der Waals surface area contributed by atoms with Gasteiger partial charge in [0, 0.05) is 6.04 Å². The van der Waals surface area contributed by atoms with Crippen LogP contribution >= 0.6 is 11.8 Å². The number of hydrogen-bond donors (Lipinski definition) is 2. The molecule has 28 heavy (non-hydrogen) atoms. The first kappa shape index (κ1) is 20.2. The number of aromatic nitrogens is 2. The maximum absolute atomic E-state index is 12.2. The lowest BCUT2D eigenvalue weighted by Crippen LogP contribution is -2.45. The van der Waals surface area contributed by atoms with E-state index in [4.69, 9.17) is 9.15 Å². The molecule has 0 bridgehead atoms. The van der Waals surface area contributed by atoms with E-state index < -0.39 is 17.2 Å². The van der Waals surface area contributed by atoms with Crippen LogP contribution in [0.5, 0.6) is 5.75 Å². The van der Waals surface area contributed by atoms with Gasteiger partial charge >= 0.3 is 6.03 Å². The zero-order valence-electron chi connectivity index (χ0n) is 15.9. The summed E-state index contributed by atoms with van der Waals surface area (Å²) in [5.74, 6) is 0.625. The first-order valence-corrected chi connectivity index (χ1v) is 10.2. The van der Waals surface area contributed by atoms with Gasteiger partial charge in [0.25, 0.3) is 11.1 Å². The van der Waals surface area contributed by atoms with Crippen molar-refractivity contribution in [3.8, 4) is 5.75 Å². The number of benzene rings is 1. The van der Waals surface area contributed by atoms with E-state index in [-0.39, 0.29) is 17.9 Å². The van der Waals surface area contributed by atoms with Gasteiger partial charge in [-0.3, -0.25) is 10.1 Å². The first-order valence-electron chi connectivity index (χ1n) is 9.29. The Morgan fingerprint density at radius 1 is 1.32 bits per heavy atom. The number of carbonyl (C=O) groups excluding carboxylic acids is 2. The fourth-order valence-electron chi connectivity index (χ4n) is 2.90. The minimum atomic E-state index is -0.555. The molecule has 0 radical (unpaired) electrons. The largest absolute Gasteiger partial charge is 0.484 e. The molecule has 1 aliphatic carbocycles. The Morgan fingerprint density at radius 2 is 2.11 bits per heavy atom. The third-order valence-electron chi connectivity index (χ3n) is 4.37. The highest BCUT2D eigenvalue weighted by molar-refractivity contribution is 8.00. The van der Waals surface area contributed by atoms with Gasteiger partial charge in [-0.2, -0.15) is 0 Å². The maximum atomic E-state index is 12.2. The minimum Gasteiger partial charge on any atom is -0.484 e. The maximum Gasteiger partial charge on any atom is 0.321 e. The lowest BCUT2D eigenvalue weighted by atomic mass is 10.2. The predicted molar refractivity (Wildman–Crippen MR) is 104 cm³/mol. The Labute approximate surface area is 167 Å². The molecule has 1 aromatic carbocycles. The molecular weight excluding hydrogens is 380 g/mol. The number of carbonyl (C=O) groups is 2. The quantitative estimate of drug-likeness (QED) is 0.683. The molecule has 3 rings (SSSR count). The van der Waals surface area contributed by atoms with Crippen molar-refractivity contribution < 1.29 is 18.7 Å². The summed E-state index contributed by atoms with van der Waals surface area (Å²) in [5, 5.41) is 12.7. The molecule has 0 spiro atoms. The summed E-state index contributed by atoms with van der Waals surface area (Å²) >= 11 is 1.09. The van der Waals surface area contributed by atoms with Gasteiger partial charge in [0.05, 0.1) is 5.25 Å². The van der Waals surface area contributed by atoms with Crippen LogP contribution in [0.15, 0.2) is 33.9 Å². The van der Waals surface area contributed by atoms with Gasteiger partial charge in [-0.25, -0.2) is 4.79 Å². The summed E-state index contributed by atoms with van der Waals surface area (Å²) in [6.45, 7) is 3.80. The zero-order valence-corrected chi connectivity index (χ0v) is 16.8. The van der Waals surface area contributed by atoms with Crippen LogP contribution in [-0.2, 0) is 11.4 Å². The molecule has 1 heterocycles. The van der Waals surface area contributed by atoms with Gasteiger partial charge in [-0.15, -0.1) is 10.2 Å². The van der Waals surface area contributed by atoms with Crippen LogP contribution in [0, 0.1) is 6.92 Å². The van der Waals surface area contributed by atoms with Crippen molar-refractivity contribution in [2.24, 2.45) is 0 Å². The Hall–Kier alpha value is -2.55. The molecule has 1 fully saturated rings. The number of urea groups is 1. The van der Waals surface area contributed by atoms with E-state index in [1.807, 2.05) is 31.2 Å². The number of amides is 3. The van der Waals surface area contributed by atoms with Crippen LogP contribution in [0.1, 0.15) is 44.1 Å². The Balaban J connectivity index is 1.44. The Bertz CT molecular complexity index is 820. The van der Waals surface area contributed by atoms with Gasteiger partial charge in [0.15, 0.2) is 6.61 Å². The topological polar surface area (TPSA) is 106 Å². The lowest BCUT2D eigenvalue weighted by molar-refractivity contribution is -0.119. The molecule has 1 saturated carbocycles. The number of rotatable bonds is 7. The van der Waals surface area contributed by atoms with Crippen molar-refractivity contribution in [2.45, 2.75) is 62.7 Å². The second-order valence-corrected chi connectivity index (χ2v) is 8.06. The van der Waals surface area contributed by atoms with Gasteiger partial charge in [-0.1, -0.05) is 36.7 Å². The van der Waals surface area contributed by atoms with Crippen molar-refractivity contribution in [1.82, 2.24) is 20.8 Å². The van der Waals surface area contributed by atoms with Crippen molar-refractivity contribution in [2.75, 3.05) is 0 Å². The predicted octanol–water partition coefficient (Wildman–Crippen LogP) is 3.21. The van der Waals surface area contributed by atoms with Crippen LogP contribution in [0.2, 0.25) is 0 Å². The van der Waals surface area contributed by atoms with Gasteiger partial charge in [0.1, 0.15) is 5.75 Å². The molecule has 0 unspecified atom stereocenters. The van der Waals surface area contributed by atoms with E-state index in [1.165, 1.54) is 0 Å². The number of imide groups is 1. The first-order chi connectivity index (χ1) is 13.5. The van der Waals surface area contributed by atoms with E-state index in [1.54, 1.807) is 6.92 Å². The smallest absolute Gasteiger partial charge is 0.321 e. The average Bonchev–Trinajstić information content (AvgIpc) is 3.32. The molecule has 0 aliphatic heterocycles. The number of aryl methyl sites for hydroxylation is 1. The number of nitrogens with one attached hydrogen (secondary N) is 2. The molecule has 3 amide bonds. The van der Waals surface area contributed by atoms with E-state index >= 15 is 0 Å². The summed E-state index contributed by atoms with van der Waals surface area (Å²) in [4.78, 5) is 24.1. The zero-order chi connectivity index (χ0) is 19.9. The van der Waals surface area contributed by atoms with Gasteiger partial charge in [-0.05, 0) is 44.4 Å².